The minimum atomic E-state index is -4.34. The van der Waals surface area contributed by atoms with E-state index < -0.39 is 18.0 Å². The van der Waals surface area contributed by atoms with Gasteiger partial charge in [0, 0.05) is 36.4 Å². The van der Waals surface area contributed by atoms with Crippen LogP contribution in [0.4, 0.5) is 24.5 Å². The summed E-state index contributed by atoms with van der Waals surface area (Å²) in [7, 11) is 0. The number of aliphatic hydroxyl groups is 1. The van der Waals surface area contributed by atoms with Crippen LogP contribution in [0.3, 0.4) is 0 Å². The van der Waals surface area contributed by atoms with E-state index in [9.17, 15) is 18.3 Å². The maximum Gasteiger partial charge on any atom is 0.416 e. The summed E-state index contributed by atoms with van der Waals surface area (Å²) in [5.41, 5.74) is 2.28. The van der Waals surface area contributed by atoms with Gasteiger partial charge >= 0.3 is 6.18 Å². The zero-order valence-corrected chi connectivity index (χ0v) is 15.5. The fourth-order valence-electron chi connectivity index (χ4n) is 4.48. The van der Waals surface area contributed by atoms with Crippen molar-refractivity contribution >= 4 is 11.4 Å². The van der Waals surface area contributed by atoms with Crippen LogP contribution in [0.5, 0.6) is 0 Å². The second kappa shape index (κ2) is 6.94. The molecule has 2 aliphatic heterocycles. The van der Waals surface area contributed by atoms with Gasteiger partial charge in [-0.2, -0.15) is 13.2 Å². The highest BCUT2D eigenvalue weighted by Gasteiger charge is 2.44. The first-order chi connectivity index (χ1) is 13.3. The fraction of sp³-hybridized carbons (Fsp3) is 0.364. The van der Waals surface area contributed by atoms with Crippen molar-refractivity contribution in [1.29, 1.82) is 0 Å². The predicted octanol–water partition coefficient (Wildman–Crippen LogP) is 4.60. The highest BCUT2D eigenvalue weighted by Crippen LogP contribution is 2.45. The molecule has 1 spiro atoms. The summed E-state index contributed by atoms with van der Waals surface area (Å²) in [6.07, 6.45) is -1.67. The maximum absolute atomic E-state index is 12.9. The molecule has 4 rings (SSSR count). The van der Waals surface area contributed by atoms with Gasteiger partial charge in [0.15, 0.2) is 0 Å². The van der Waals surface area contributed by atoms with Gasteiger partial charge in [0.05, 0.1) is 5.56 Å². The second-order valence-electron chi connectivity index (χ2n) is 7.81. The highest BCUT2D eigenvalue weighted by molar-refractivity contribution is 5.68. The number of halogens is 3. The average Bonchev–Trinajstić information content (AvgIpc) is 3.09. The maximum atomic E-state index is 12.9. The Hall–Kier alpha value is -2.31. The van der Waals surface area contributed by atoms with Crippen LogP contribution in [0.2, 0.25) is 0 Å². The lowest BCUT2D eigenvalue weighted by atomic mass is 9.76. The first-order valence-electron chi connectivity index (χ1n) is 9.39. The van der Waals surface area contributed by atoms with E-state index in [0.29, 0.717) is 6.54 Å². The second-order valence-corrected chi connectivity index (χ2v) is 7.81. The van der Waals surface area contributed by atoms with E-state index in [1.54, 1.807) is 12.1 Å². The lowest BCUT2D eigenvalue weighted by Crippen LogP contribution is -2.44. The Morgan fingerprint density at radius 3 is 2.46 bits per heavy atom. The Kier molecular flexibility index (Phi) is 4.71. The SMILES string of the molecule is C=CC(O)N1CCC2(Cc3ccccc3N(c3ccc(C(F)(F)F)cc3)C2)C1. The minimum absolute atomic E-state index is 0.0545. The summed E-state index contributed by atoms with van der Waals surface area (Å²) >= 11 is 0. The highest BCUT2D eigenvalue weighted by atomic mass is 19.4. The molecule has 3 nitrogen and oxygen atoms in total. The van der Waals surface area contributed by atoms with Crippen molar-refractivity contribution in [2.24, 2.45) is 5.41 Å². The summed E-state index contributed by atoms with van der Waals surface area (Å²) in [4.78, 5) is 4.12. The Morgan fingerprint density at radius 2 is 1.79 bits per heavy atom. The van der Waals surface area contributed by atoms with Crippen molar-refractivity contribution in [2.45, 2.75) is 25.2 Å². The molecule has 2 heterocycles. The Balaban J connectivity index is 1.68. The number of hydrogen-bond donors (Lipinski definition) is 1. The number of alkyl halides is 3. The van der Waals surface area contributed by atoms with Gasteiger partial charge in [-0.25, -0.2) is 0 Å². The molecular formula is C22H23F3N2O. The van der Waals surface area contributed by atoms with Crippen LogP contribution in [-0.2, 0) is 12.6 Å². The Labute approximate surface area is 162 Å². The summed E-state index contributed by atoms with van der Waals surface area (Å²) in [6.45, 7) is 5.88. The largest absolute Gasteiger partial charge is 0.416 e. The van der Waals surface area contributed by atoms with Crippen molar-refractivity contribution in [2.75, 3.05) is 24.5 Å². The number of benzene rings is 2. The summed E-state index contributed by atoms with van der Waals surface area (Å²) in [6, 6.07) is 13.4. The molecule has 2 aromatic rings. The zero-order chi connectivity index (χ0) is 19.9. The average molecular weight is 388 g/mol. The van der Waals surface area contributed by atoms with Crippen molar-refractivity contribution < 1.29 is 18.3 Å². The quantitative estimate of drug-likeness (QED) is 0.779. The molecule has 0 bridgehead atoms. The van der Waals surface area contributed by atoms with Crippen molar-refractivity contribution in [1.82, 2.24) is 4.90 Å². The number of hydrogen-bond acceptors (Lipinski definition) is 3. The van der Waals surface area contributed by atoms with Crippen LogP contribution in [0.1, 0.15) is 17.5 Å². The molecule has 1 saturated heterocycles. The molecule has 2 aliphatic rings. The molecule has 2 unspecified atom stereocenters. The number of likely N-dealkylation sites (tertiary alicyclic amines) is 1. The molecule has 0 aromatic heterocycles. The summed E-state index contributed by atoms with van der Waals surface area (Å²) in [5.74, 6) is 0. The number of rotatable bonds is 3. The minimum Gasteiger partial charge on any atom is -0.375 e. The first kappa shape index (κ1) is 19.0. The lowest BCUT2D eigenvalue weighted by molar-refractivity contribution is -0.137. The van der Waals surface area contributed by atoms with Crippen LogP contribution >= 0.6 is 0 Å². The van der Waals surface area contributed by atoms with Crippen LogP contribution in [0.25, 0.3) is 0 Å². The third kappa shape index (κ3) is 3.42. The number of fused-ring (bicyclic) bond motifs is 1. The standard InChI is InChI=1S/C22H23F3N2O/c1-2-20(28)26-12-11-21(14-26)13-16-5-3-4-6-19(16)27(15-21)18-9-7-17(8-10-18)22(23,24)25/h2-10,20,28H,1,11-15H2. The monoisotopic (exact) mass is 388 g/mol. The Bertz CT molecular complexity index is 865. The van der Waals surface area contributed by atoms with E-state index in [-0.39, 0.29) is 5.41 Å². The molecule has 148 valence electrons. The molecule has 0 radical (unpaired) electrons. The molecule has 2 atom stereocenters. The van der Waals surface area contributed by atoms with Crippen LogP contribution < -0.4 is 4.90 Å². The molecule has 1 fully saturated rings. The van der Waals surface area contributed by atoms with E-state index in [1.807, 2.05) is 23.1 Å². The van der Waals surface area contributed by atoms with E-state index in [1.165, 1.54) is 11.6 Å². The van der Waals surface area contributed by atoms with Crippen LogP contribution in [0, 0.1) is 5.41 Å². The lowest BCUT2D eigenvalue weighted by Gasteiger charge is -2.43. The van der Waals surface area contributed by atoms with Gasteiger partial charge < -0.3 is 10.0 Å². The van der Waals surface area contributed by atoms with Crippen molar-refractivity contribution in [3.8, 4) is 0 Å². The van der Waals surface area contributed by atoms with Gasteiger partial charge in [-0.1, -0.05) is 24.8 Å². The third-order valence-corrected chi connectivity index (χ3v) is 5.90. The number of nitrogens with zero attached hydrogens (tertiary/aromatic N) is 2. The third-order valence-electron chi connectivity index (χ3n) is 5.90. The first-order valence-corrected chi connectivity index (χ1v) is 9.39. The zero-order valence-electron chi connectivity index (χ0n) is 15.5. The smallest absolute Gasteiger partial charge is 0.375 e. The van der Waals surface area contributed by atoms with E-state index >= 15 is 0 Å². The molecule has 6 heteroatoms. The Morgan fingerprint density at radius 1 is 1.07 bits per heavy atom. The molecular weight excluding hydrogens is 365 g/mol. The van der Waals surface area contributed by atoms with E-state index in [0.717, 1.165) is 49.4 Å². The van der Waals surface area contributed by atoms with Gasteiger partial charge in [0.25, 0.3) is 0 Å². The van der Waals surface area contributed by atoms with Gasteiger partial charge in [-0.15, -0.1) is 0 Å². The van der Waals surface area contributed by atoms with E-state index in [4.69, 9.17) is 0 Å². The molecule has 2 aromatic carbocycles. The van der Waals surface area contributed by atoms with Gasteiger partial charge in [-0.05, 0) is 54.8 Å². The van der Waals surface area contributed by atoms with Gasteiger partial charge in [-0.3, -0.25) is 4.90 Å². The summed E-state index contributed by atoms with van der Waals surface area (Å²) < 4.78 is 38.8. The molecule has 28 heavy (non-hydrogen) atoms. The van der Waals surface area contributed by atoms with Crippen LogP contribution in [-0.4, -0.2) is 35.9 Å². The van der Waals surface area contributed by atoms with E-state index in [2.05, 4.69) is 17.5 Å². The normalized spacial score (nSPS) is 23.6. The summed E-state index contributed by atoms with van der Waals surface area (Å²) in [5, 5.41) is 10.1. The van der Waals surface area contributed by atoms with Gasteiger partial charge in [0.2, 0.25) is 0 Å². The molecule has 1 N–H and O–H groups in total. The number of para-hydroxylation sites is 1. The molecule has 0 aliphatic carbocycles. The predicted molar refractivity (Wildman–Crippen MR) is 103 cm³/mol. The van der Waals surface area contributed by atoms with Crippen LogP contribution in [0.15, 0.2) is 61.2 Å². The topological polar surface area (TPSA) is 26.7 Å². The fourth-order valence-corrected chi connectivity index (χ4v) is 4.48. The number of anilines is 2. The molecule has 0 saturated carbocycles. The van der Waals surface area contributed by atoms with Crippen molar-refractivity contribution in [3.63, 3.8) is 0 Å². The van der Waals surface area contributed by atoms with Gasteiger partial charge in [0.1, 0.15) is 6.23 Å². The van der Waals surface area contributed by atoms with Crippen molar-refractivity contribution in [3.05, 3.63) is 72.3 Å². The number of aliphatic hydroxyl groups excluding tert-OH is 1. The molecule has 0 amide bonds.